The summed E-state index contributed by atoms with van der Waals surface area (Å²) in [4.78, 5) is 21.8. The highest BCUT2D eigenvalue weighted by atomic mass is 16.6. The van der Waals surface area contributed by atoms with Crippen molar-refractivity contribution >= 4 is 17.4 Å². The zero-order chi connectivity index (χ0) is 14.5. The molecule has 0 aliphatic carbocycles. The summed E-state index contributed by atoms with van der Waals surface area (Å²) >= 11 is 0. The summed E-state index contributed by atoms with van der Waals surface area (Å²) in [6.45, 7) is 1.94. The van der Waals surface area contributed by atoms with Crippen molar-refractivity contribution in [3.05, 3.63) is 52.2 Å². The van der Waals surface area contributed by atoms with Gasteiger partial charge in [0.2, 0.25) is 5.91 Å². The normalized spacial score (nSPS) is 10.2. The first-order valence-electron chi connectivity index (χ1n) is 6.15. The first kappa shape index (κ1) is 13.7. The van der Waals surface area contributed by atoms with E-state index in [1.54, 1.807) is 0 Å². The summed E-state index contributed by atoms with van der Waals surface area (Å²) in [5.74, 6) is -0.546. The lowest BCUT2D eigenvalue weighted by Gasteiger charge is -2.08. The Morgan fingerprint density at radius 2 is 2.15 bits per heavy atom. The number of hydrogen-bond donors (Lipinski definition) is 1. The lowest BCUT2D eigenvalue weighted by molar-refractivity contribution is -0.389. The molecule has 0 unspecified atom stereocenters. The molecule has 1 N–H and O–H groups in total. The summed E-state index contributed by atoms with van der Waals surface area (Å²) in [6.07, 6.45) is 2.22. The van der Waals surface area contributed by atoms with Crippen molar-refractivity contribution in [2.75, 3.05) is 5.32 Å². The van der Waals surface area contributed by atoms with Gasteiger partial charge in [-0.25, -0.2) is 0 Å². The van der Waals surface area contributed by atoms with Crippen LogP contribution in [-0.4, -0.2) is 20.6 Å². The van der Waals surface area contributed by atoms with Crippen LogP contribution in [0.5, 0.6) is 0 Å². The Kier molecular flexibility index (Phi) is 4.09. The number of benzene rings is 1. The smallest absolute Gasteiger partial charge is 0.358 e. The molecule has 104 valence electrons. The molecule has 7 nitrogen and oxygen atoms in total. The number of amides is 1. The number of anilines is 1. The van der Waals surface area contributed by atoms with Crippen LogP contribution < -0.4 is 5.32 Å². The maximum Gasteiger partial charge on any atom is 0.389 e. The third-order valence-corrected chi connectivity index (χ3v) is 2.79. The van der Waals surface area contributed by atoms with Crippen LogP contribution in [0.25, 0.3) is 0 Å². The minimum absolute atomic E-state index is 0.0636. The maximum absolute atomic E-state index is 11.9. The van der Waals surface area contributed by atoms with E-state index < -0.39 is 4.92 Å². The Balaban J connectivity index is 2.03. The largest absolute Gasteiger partial charge is 0.389 e. The molecule has 2 rings (SSSR count). The molecule has 1 aromatic heterocycles. The molecule has 1 amide bonds. The van der Waals surface area contributed by atoms with E-state index in [0.717, 1.165) is 17.7 Å². The van der Waals surface area contributed by atoms with Crippen molar-refractivity contribution in [2.24, 2.45) is 0 Å². The number of hydrogen-bond acceptors (Lipinski definition) is 4. The number of nitrogens with one attached hydrogen (secondary N) is 1. The number of carbonyl (C=O) groups is 1. The van der Waals surface area contributed by atoms with Gasteiger partial charge in [-0.05, 0) is 23.0 Å². The van der Waals surface area contributed by atoms with Gasteiger partial charge in [0.1, 0.15) is 6.54 Å². The monoisotopic (exact) mass is 274 g/mol. The van der Waals surface area contributed by atoms with Gasteiger partial charge in [0.25, 0.3) is 0 Å². The minimum atomic E-state index is -0.596. The average Bonchev–Trinajstić information content (AvgIpc) is 2.88. The van der Waals surface area contributed by atoms with Gasteiger partial charge in [-0.3, -0.25) is 4.79 Å². The molecule has 7 heteroatoms. The van der Waals surface area contributed by atoms with Crippen molar-refractivity contribution in [1.82, 2.24) is 9.78 Å². The molecule has 0 fully saturated rings. The first-order chi connectivity index (χ1) is 9.60. The third-order valence-electron chi connectivity index (χ3n) is 2.79. The fraction of sp³-hybridized carbons (Fsp3) is 0.231. The van der Waals surface area contributed by atoms with Crippen molar-refractivity contribution in [3.8, 4) is 0 Å². The Morgan fingerprint density at radius 3 is 2.80 bits per heavy atom. The van der Waals surface area contributed by atoms with Crippen molar-refractivity contribution in [2.45, 2.75) is 19.9 Å². The summed E-state index contributed by atoms with van der Waals surface area (Å²) in [5, 5.41) is 17.0. The van der Waals surface area contributed by atoms with Crippen LogP contribution >= 0.6 is 0 Å². The van der Waals surface area contributed by atoms with Crippen LogP contribution in [0.15, 0.2) is 36.5 Å². The fourth-order valence-electron chi connectivity index (χ4n) is 1.82. The zero-order valence-electron chi connectivity index (χ0n) is 10.9. The summed E-state index contributed by atoms with van der Waals surface area (Å²) in [7, 11) is 0. The summed E-state index contributed by atoms with van der Waals surface area (Å²) in [5.41, 5.74) is 1.79. The molecule has 2 aromatic rings. The number of aromatic nitrogens is 2. The zero-order valence-corrected chi connectivity index (χ0v) is 10.9. The molecule has 0 aliphatic heterocycles. The van der Waals surface area contributed by atoms with Crippen LogP contribution in [0.4, 0.5) is 11.5 Å². The highest BCUT2D eigenvalue weighted by Crippen LogP contribution is 2.15. The van der Waals surface area contributed by atoms with E-state index in [1.165, 1.54) is 16.9 Å². The van der Waals surface area contributed by atoms with Gasteiger partial charge in [-0.15, -0.1) is 0 Å². The predicted molar refractivity (Wildman–Crippen MR) is 73.3 cm³/mol. The van der Waals surface area contributed by atoms with Crippen molar-refractivity contribution < 1.29 is 9.72 Å². The standard InChI is InChI=1S/C13H14N4O3/c1-2-10-5-3-4-6-11(10)14-13(18)9-16-8-7-12(15-16)17(19)20/h3-8H,2,9H2,1H3,(H,14,18). The molecule has 0 saturated carbocycles. The third kappa shape index (κ3) is 3.19. The molecule has 0 aliphatic rings. The van der Waals surface area contributed by atoms with E-state index in [2.05, 4.69) is 10.4 Å². The highest BCUT2D eigenvalue weighted by molar-refractivity contribution is 5.91. The number of rotatable bonds is 5. The summed E-state index contributed by atoms with van der Waals surface area (Å²) in [6, 6.07) is 8.77. The fourth-order valence-corrected chi connectivity index (χ4v) is 1.82. The van der Waals surface area contributed by atoms with E-state index in [0.29, 0.717) is 0 Å². The van der Waals surface area contributed by atoms with Gasteiger partial charge in [-0.1, -0.05) is 25.1 Å². The van der Waals surface area contributed by atoms with Crippen molar-refractivity contribution in [3.63, 3.8) is 0 Å². The lowest BCUT2D eigenvalue weighted by Crippen LogP contribution is -2.19. The van der Waals surface area contributed by atoms with E-state index in [9.17, 15) is 14.9 Å². The second-order valence-electron chi connectivity index (χ2n) is 4.19. The number of nitro groups is 1. The van der Waals surface area contributed by atoms with Gasteiger partial charge >= 0.3 is 5.82 Å². The number of carbonyl (C=O) groups excluding carboxylic acids is 1. The number of para-hydroxylation sites is 1. The van der Waals surface area contributed by atoms with Gasteiger partial charge in [0.15, 0.2) is 0 Å². The van der Waals surface area contributed by atoms with Crippen LogP contribution in [0.2, 0.25) is 0 Å². The van der Waals surface area contributed by atoms with E-state index in [4.69, 9.17) is 0 Å². The topological polar surface area (TPSA) is 90.1 Å². The Morgan fingerprint density at radius 1 is 1.40 bits per heavy atom. The second-order valence-corrected chi connectivity index (χ2v) is 4.19. The van der Waals surface area contributed by atoms with Crippen LogP contribution in [-0.2, 0) is 17.8 Å². The van der Waals surface area contributed by atoms with E-state index in [1.807, 2.05) is 31.2 Å². The molecule has 0 atom stereocenters. The Bertz CT molecular complexity index is 636. The molecule has 20 heavy (non-hydrogen) atoms. The quantitative estimate of drug-likeness (QED) is 0.666. The van der Waals surface area contributed by atoms with Gasteiger partial charge < -0.3 is 15.4 Å². The maximum atomic E-state index is 11.9. The molecule has 1 aromatic carbocycles. The van der Waals surface area contributed by atoms with Crippen molar-refractivity contribution in [1.29, 1.82) is 0 Å². The molecular weight excluding hydrogens is 260 g/mol. The highest BCUT2D eigenvalue weighted by Gasteiger charge is 2.13. The minimum Gasteiger partial charge on any atom is -0.358 e. The number of aryl methyl sites for hydroxylation is 1. The van der Waals surface area contributed by atoms with E-state index in [-0.39, 0.29) is 18.3 Å². The van der Waals surface area contributed by atoms with Gasteiger partial charge in [0.05, 0.1) is 17.4 Å². The average molecular weight is 274 g/mol. The molecule has 0 bridgehead atoms. The Hall–Kier alpha value is -2.70. The molecular formula is C13H14N4O3. The summed E-state index contributed by atoms with van der Waals surface area (Å²) < 4.78 is 1.24. The van der Waals surface area contributed by atoms with E-state index >= 15 is 0 Å². The number of nitrogens with zero attached hydrogens (tertiary/aromatic N) is 3. The first-order valence-corrected chi connectivity index (χ1v) is 6.15. The SMILES string of the molecule is CCc1ccccc1NC(=O)Cn1ccc([N+](=O)[O-])n1. The van der Waals surface area contributed by atoms with Gasteiger partial charge in [-0.2, -0.15) is 4.68 Å². The lowest BCUT2D eigenvalue weighted by atomic mass is 10.1. The molecule has 0 saturated heterocycles. The van der Waals surface area contributed by atoms with Gasteiger partial charge in [0, 0.05) is 5.69 Å². The van der Waals surface area contributed by atoms with Crippen LogP contribution in [0.1, 0.15) is 12.5 Å². The second kappa shape index (κ2) is 5.96. The predicted octanol–water partition coefficient (Wildman–Crippen LogP) is 1.99. The van der Waals surface area contributed by atoms with Crippen LogP contribution in [0.3, 0.4) is 0 Å². The van der Waals surface area contributed by atoms with Crippen LogP contribution in [0, 0.1) is 10.1 Å². The Labute approximate surface area is 115 Å². The molecule has 0 spiro atoms. The molecule has 1 heterocycles. The molecule has 0 radical (unpaired) electrons.